The van der Waals surface area contributed by atoms with Gasteiger partial charge in [-0.15, -0.1) is 0 Å². The Morgan fingerprint density at radius 1 is 0.846 bits per heavy atom. The smallest absolute Gasteiger partial charge is 0.431 e. The lowest BCUT2D eigenvalue weighted by molar-refractivity contribution is -0.447. The van der Waals surface area contributed by atoms with Crippen LogP contribution >= 0.6 is 0 Å². The predicted molar refractivity (Wildman–Crippen MR) is 71.1 cm³/mol. The van der Waals surface area contributed by atoms with Crippen molar-refractivity contribution < 1.29 is 49.0 Å². The average Bonchev–Trinajstić information content (AvgIpc) is 2.48. The molecule has 0 bridgehead atoms. The van der Waals surface area contributed by atoms with E-state index in [9.17, 15) is 44.3 Å². The van der Waals surface area contributed by atoms with Crippen molar-refractivity contribution in [2.45, 2.75) is 49.8 Å². The van der Waals surface area contributed by atoms with Gasteiger partial charge in [0.1, 0.15) is 0 Å². The van der Waals surface area contributed by atoms with Gasteiger partial charge in [0.2, 0.25) is 0 Å². The standard InChI is InChI=1S/C15H13F9O2/c1-3-11(2,9-7-5-4-6-8-9)10(25)26-12(13(16,17)18,14(19,20)21)15(22,23)24/h4-8H,3H2,1-2H3. The Morgan fingerprint density at radius 2 is 1.23 bits per heavy atom. The van der Waals surface area contributed by atoms with Gasteiger partial charge in [-0.25, -0.2) is 0 Å². The largest absolute Gasteiger partial charge is 0.447 e. The minimum Gasteiger partial charge on any atom is -0.431 e. The van der Waals surface area contributed by atoms with Gasteiger partial charge in [-0.1, -0.05) is 37.3 Å². The highest BCUT2D eigenvalue weighted by atomic mass is 19.4. The third kappa shape index (κ3) is 3.48. The van der Waals surface area contributed by atoms with Crippen molar-refractivity contribution in [1.29, 1.82) is 0 Å². The maximum Gasteiger partial charge on any atom is 0.447 e. The van der Waals surface area contributed by atoms with Crippen LogP contribution in [0.3, 0.4) is 0 Å². The molecule has 0 N–H and O–H groups in total. The molecule has 1 aromatic carbocycles. The van der Waals surface area contributed by atoms with Crippen LogP contribution in [0.1, 0.15) is 25.8 Å². The number of carbonyl (C=O) groups excluding carboxylic acids is 1. The zero-order chi connectivity index (χ0) is 20.6. The van der Waals surface area contributed by atoms with Gasteiger partial charge in [0.25, 0.3) is 0 Å². The zero-order valence-corrected chi connectivity index (χ0v) is 13.3. The van der Waals surface area contributed by atoms with Crippen LogP contribution in [0.2, 0.25) is 0 Å². The zero-order valence-electron chi connectivity index (χ0n) is 13.3. The molecule has 0 aliphatic heterocycles. The summed E-state index contributed by atoms with van der Waals surface area (Å²) in [7, 11) is 0. The van der Waals surface area contributed by atoms with E-state index in [1.54, 1.807) is 0 Å². The lowest BCUT2D eigenvalue weighted by atomic mass is 9.80. The summed E-state index contributed by atoms with van der Waals surface area (Å²) >= 11 is 0. The highest BCUT2D eigenvalue weighted by Crippen LogP contribution is 2.55. The minimum atomic E-state index is -6.97. The first-order valence-corrected chi connectivity index (χ1v) is 7.03. The molecular weight excluding hydrogens is 383 g/mol. The van der Waals surface area contributed by atoms with E-state index in [4.69, 9.17) is 0 Å². The number of rotatable bonds is 4. The number of benzene rings is 1. The summed E-state index contributed by atoms with van der Waals surface area (Å²) in [6, 6.07) is 6.45. The van der Waals surface area contributed by atoms with Gasteiger partial charge >= 0.3 is 30.1 Å². The molecule has 1 unspecified atom stereocenters. The monoisotopic (exact) mass is 396 g/mol. The van der Waals surface area contributed by atoms with Crippen LogP contribution in [0.25, 0.3) is 0 Å². The summed E-state index contributed by atoms with van der Waals surface area (Å²) in [6.07, 6.45) is -21.3. The lowest BCUT2D eigenvalue weighted by Gasteiger charge is -2.39. The lowest BCUT2D eigenvalue weighted by Crippen LogP contribution is -2.69. The van der Waals surface area contributed by atoms with Crippen LogP contribution in [0.5, 0.6) is 0 Å². The average molecular weight is 396 g/mol. The van der Waals surface area contributed by atoms with E-state index in [2.05, 4.69) is 4.74 Å². The van der Waals surface area contributed by atoms with Gasteiger partial charge in [-0.05, 0) is 18.9 Å². The molecule has 0 amide bonds. The maximum absolute atomic E-state index is 12.9. The quantitative estimate of drug-likeness (QED) is 0.509. The number of hydrogen-bond donors (Lipinski definition) is 0. The van der Waals surface area contributed by atoms with Crippen molar-refractivity contribution in [3.05, 3.63) is 35.9 Å². The topological polar surface area (TPSA) is 26.3 Å². The van der Waals surface area contributed by atoms with Crippen LogP contribution in [-0.4, -0.2) is 30.1 Å². The van der Waals surface area contributed by atoms with Gasteiger partial charge in [0.15, 0.2) is 0 Å². The molecule has 0 aromatic heterocycles. The Bertz CT molecular complexity index is 595. The molecule has 11 heteroatoms. The summed E-state index contributed by atoms with van der Waals surface area (Å²) in [4.78, 5) is 12.1. The van der Waals surface area contributed by atoms with Crippen molar-refractivity contribution in [2.24, 2.45) is 0 Å². The fraction of sp³-hybridized carbons (Fsp3) is 0.533. The van der Waals surface area contributed by atoms with Gasteiger partial charge < -0.3 is 4.74 Å². The summed E-state index contributed by atoms with van der Waals surface area (Å²) in [5.74, 6) is -2.29. The number of hydrogen-bond acceptors (Lipinski definition) is 2. The van der Waals surface area contributed by atoms with E-state index >= 15 is 0 Å². The van der Waals surface area contributed by atoms with Gasteiger partial charge in [0, 0.05) is 0 Å². The first-order chi connectivity index (χ1) is 11.5. The molecule has 0 spiro atoms. The maximum atomic E-state index is 12.9. The second-order valence-electron chi connectivity index (χ2n) is 5.62. The van der Waals surface area contributed by atoms with Crippen LogP contribution in [0.15, 0.2) is 30.3 Å². The molecule has 0 aliphatic carbocycles. The molecular formula is C15H13F9O2. The SMILES string of the molecule is CCC(C)(C(=O)OC(C(F)(F)F)(C(F)(F)F)C(F)(F)F)c1ccccc1. The highest BCUT2D eigenvalue weighted by molar-refractivity contribution is 5.83. The van der Waals surface area contributed by atoms with E-state index in [0.717, 1.165) is 6.92 Å². The van der Waals surface area contributed by atoms with E-state index < -0.39 is 41.9 Å². The fourth-order valence-corrected chi connectivity index (χ4v) is 2.18. The van der Waals surface area contributed by atoms with Crippen LogP contribution in [-0.2, 0) is 14.9 Å². The Kier molecular flexibility index (Phi) is 5.66. The summed E-state index contributed by atoms with van der Waals surface area (Å²) in [6.45, 7) is 2.11. The number of alkyl halides is 9. The number of halogens is 9. The van der Waals surface area contributed by atoms with Crippen LogP contribution in [0, 0.1) is 0 Å². The summed E-state index contributed by atoms with van der Waals surface area (Å²) in [5.41, 5.74) is -8.88. The summed E-state index contributed by atoms with van der Waals surface area (Å²) in [5, 5.41) is 0. The molecule has 1 aromatic rings. The molecule has 148 valence electrons. The van der Waals surface area contributed by atoms with Gasteiger partial charge in [0.05, 0.1) is 5.41 Å². The second-order valence-corrected chi connectivity index (χ2v) is 5.62. The Morgan fingerprint density at radius 3 is 1.54 bits per heavy atom. The number of esters is 1. The predicted octanol–water partition coefficient (Wildman–Crippen LogP) is 5.32. The van der Waals surface area contributed by atoms with E-state index in [1.165, 1.54) is 37.3 Å². The Hall–Kier alpha value is -1.94. The first-order valence-electron chi connectivity index (χ1n) is 7.03. The van der Waals surface area contributed by atoms with Crippen molar-refractivity contribution >= 4 is 5.97 Å². The molecule has 26 heavy (non-hydrogen) atoms. The molecule has 0 radical (unpaired) electrons. The van der Waals surface area contributed by atoms with Gasteiger partial charge in [-0.3, -0.25) is 4.79 Å². The van der Waals surface area contributed by atoms with Crippen molar-refractivity contribution in [3.63, 3.8) is 0 Å². The molecule has 0 saturated heterocycles. The number of carbonyl (C=O) groups is 1. The van der Waals surface area contributed by atoms with E-state index in [-0.39, 0.29) is 5.56 Å². The van der Waals surface area contributed by atoms with Crippen molar-refractivity contribution in [2.75, 3.05) is 0 Å². The van der Waals surface area contributed by atoms with Gasteiger partial charge in [-0.2, -0.15) is 39.5 Å². The number of ether oxygens (including phenoxy) is 1. The molecule has 0 saturated carbocycles. The van der Waals surface area contributed by atoms with Crippen LogP contribution in [0.4, 0.5) is 39.5 Å². The molecule has 2 nitrogen and oxygen atoms in total. The first kappa shape index (κ1) is 22.1. The highest BCUT2D eigenvalue weighted by Gasteiger charge is 2.87. The third-order valence-electron chi connectivity index (χ3n) is 4.01. The fourth-order valence-electron chi connectivity index (χ4n) is 2.18. The molecule has 1 rings (SSSR count). The van der Waals surface area contributed by atoms with E-state index in [0.29, 0.717) is 0 Å². The van der Waals surface area contributed by atoms with Crippen molar-refractivity contribution in [1.82, 2.24) is 0 Å². The molecule has 0 aliphatic rings. The molecule has 0 fully saturated rings. The third-order valence-corrected chi connectivity index (χ3v) is 4.01. The summed E-state index contributed by atoms with van der Waals surface area (Å²) < 4.78 is 119. The van der Waals surface area contributed by atoms with Crippen LogP contribution < -0.4 is 0 Å². The van der Waals surface area contributed by atoms with E-state index in [1.807, 2.05) is 0 Å². The van der Waals surface area contributed by atoms with Crippen molar-refractivity contribution in [3.8, 4) is 0 Å². The Balaban J connectivity index is 3.55. The second kappa shape index (κ2) is 6.66. The molecule has 0 heterocycles. The normalized spacial score (nSPS) is 16.1. The Labute approximate surface area is 141 Å². The minimum absolute atomic E-state index is 0.0899. The molecule has 1 atom stereocenters.